The summed E-state index contributed by atoms with van der Waals surface area (Å²) in [4.78, 5) is 0. The van der Waals surface area contributed by atoms with Crippen LogP contribution < -0.4 is 10.5 Å². The van der Waals surface area contributed by atoms with Gasteiger partial charge in [-0.25, -0.2) is 0 Å². The van der Waals surface area contributed by atoms with E-state index in [1.165, 1.54) is 0 Å². The number of ether oxygens (including phenoxy) is 1. The van der Waals surface area contributed by atoms with Gasteiger partial charge in [-0.05, 0) is 13.8 Å². The Bertz CT molecular complexity index is 233. The number of hydrogen-bond donors (Lipinski definition) is 1. The fourth-order valence-electron chi connectivity index (χ4n) is 1.25. The minimum atomic E-state index is -0.0394. The van der Waals surface area contributed by atoms with Gasteiger partial charge in [0.05, 0.1) is 19.0 Å². The van der Waals surface area contributed by atoms with Gasteiger partial charge in [0.15, 0.2) is 5.75 Å². The summed E-state index contributed by atoms with van der Waals surface area (Å²) < 4.78 is 6.98. The molecule has 0 radical (unpaired) electrons. The summed E-state index contributed by atoms with van der Waals surface area (Å²) in [5.74, 6) is 0.770. The Balaban J connectivity index is 3.07. The molecule has 1 aromatic rings. The molecule has 12 heavy (non-hydrogen) atoms. The minimum absolute atomic E-state index is 0.0394. The third-order valence-electron chi connectivity index (χ3n) is 1.80. The van der Waals surface area contributed by atoms with Crippen LogP contribution in [0.1, 0.15) is 25.6 Å². The lowest BCUT2D eigenvalue weighted by Crippen LogP contribution is -2.13. The first-order chi connectivity index (χ1) is 5.70. The van der Waals surface area contributed by atoms with Crippen molar-refractivity contribution in [2.75, 3.05) is 7.11 Å². The van der Waals surface area contributed by atoms with Crippen molar-refractivity contribution in [1.82, 2.24) is 9.78 Å². The predicted octanol–water partition coefficient (Wildman–Crippen LogP) is 0.931. The number of aromatic nitrogens is 2. The van der Waals surface area contributed by atoms with Gasteiger partial charge >= 0.3 is 0 Å². The smallest absolute Gasteiger partial charge is 0.161 e. The molecule has 0 aromatic carbocycles. The van der Waals surface area contributed by atoms with Crippen LogP contribution in [-0.2, 0) is 6.54 Å². The molecule has 0 saturated carbocycles. The van der Waals surface area contributed by atoms with E-state index in [9.17, 15) is 0 Å². The average Bonchev–Trinajstić information content (AvgIpc) is 2.46. The van der Waals surface area contributed by atoms with E-state index in [4.69, 9.17) is 10.5 Å². The van der Waals surface area contributed by atoms with Crippen LogP contribution in [0.15, 0.2) is 6.20 Å². The molecule has 0 amide bonds. The maximum absolute atomic E-state index is 5.77. The van der Waals surface area contributed by atoms with Gasteiger partial charge in [-0.15, -0.1) is 0 Å². The molecule has 0 spiro atoms. The van der Waals surface area contributed by atoms with Crippen molar-refractivity contribution < 1.29 is 4.74 Å². The van der Waals surface area contributed by atoms with Crippen molar-refractivity contribution in [2.24, 2.45) is 5.73 Å². The number of nitrogens with two attached hydrogens (primary N) is 1. The Morgan fingerprint density at radius 3 is 2.83 bits per heavy atom. The SMILES string of the molecule is CCn1ncc(OC)c1C(C)N. The summed E-state index contributed by atoms with van der Waals surface area (Å²) >= 11 is 0. The lowest BCUT2D eigenvalue weighted by atomic mass is 10.2. The molecule has 1 unspecified atom stereocenters. The van der Waals surface area contributed by atoms with Gasteiger partial charge < -0.3 is 10.5 Å². The fraction of sp³-hybridized carbons (Fsp3) is 0.625. The Morgan fingerprint density at radius 1 is 1.75 bits per heavy atom. The summed E-state index contributed by atoms with van der Waals surface area (Å²) in [5, 5.41) is 4.14. The number of hydrogen-bond acceptors (Lipinski definition) is 3. The Morgan fingerprint density at radius 2 is 2.42 bits per heavy atom. The standard InChI is InChI=1S/C8H15N3O/c1-4-11-8(6(2)9)7(12-3)5-10-11/h5-6H,4,9H2,1-3H3. The molecule has 4 heteroatoms. The zero-order valence-corrected chi connectivity index (χ0v) is 7.74. The van der Waals surface area contributed by atoms with Gasteiger partial charge in [-0.1, -0.05) is 0 Å². The summed E-state index contributed by atoms with van der Waals surface area (Å²) in [6.07, 6.45) is 1.70. The molecule has 2 N–H and O–H groups in total. The monoisotopic (exact) mass is 169 g/mol. The quantitative estimate of drug-likeness (QED) is 0.732. The highest BCUT2D eigenvalue weighted by Gasteiger charge is 2.13. The van der Waals surface area contributed by atoms with Crippen molar-refractivity contribution >= 4 is 0 Å². The zero-order chi connectivity index (χ0) is 9.14. The van der Waals surface area contributed by atoms with E-state index in [1.54, 1.807) is 13.3 Å². The minimum Gasteiger partial charge on any atom is -0.493 e. The van der Waals surface area contributed by atoms with Crippen molar-refractivity contribution in [2.45, 2.75) is 26.4 Å². The lowest BCUT2D eigenvalue weighted by molar-refractivity contribution is 0.403. The van der Waals surface area contributed by atoms with E-state index in [0.29, 0.717) is 0 Å². The normalized spacial score (nSPS) is 13.0. The lowest BCUT2D eigenvalue weighted by Gasteiger charge is -2.09. The van der Waals surface area contributed by atoms with Crippen LogP contribution in [-0.4, -0.2) is 16.9 Å². The molecule has 0 bridgehead atoms. The molecule has 4 nitrogen and oxygen atoms in total. The maximum atomic E-state index is 5.77. The maximum Gasteiger partial charge on any atom is 0.161 e. The number of aryl methyl sites for hydroxylation is 1. The highest BCUT2D eigenvalue weighted by molar-refractivity contribution is 5.27. The first kappa shape index (κ1) is 9.06. The van der Waals surface area contributed by atoms with Gasteiger partial charge in [0, 0.05) is 12.6 Å². The van der Waals surface area contributed by atoms with E-state index >= 15 is 0 Å². The summed E-state index contributed by atoms with van der Waals surface area (Å²) in [7, 11) is 1.63. The van der Waals surface area contributed by atoms with E-state index in [0.717, 1.165) is 18.0 Å². The molecule has 0 fully saturated rings. The molecule has 1 rings (SSSR count). The van der Waals surface area contributed by atoms with Crippen LogP contribution in [0.5, 0.6) is 5.75 Å². The van der Waals surface area contributed by atoms with Crippen LogP contribution in [0.4, 0.5) is 0 Å². The zero-order valence-electron chi connectivity index (χ0n) is 7.74. The number of rotatable bonds is 3. The van der Waals surface area contributed by atoms with Crippen LogP contribution in [0.25, 0.3) is 0 Å². The topological polar surface area (TPSA) is 53.1 Å². The average molecular weight is 169 g/mol. The van der Waals surface area contributed by atoms with Crippen LogP contribution >= 0.6 is 0 Å². The summed E-state index contributed by atoms with van der Waals surface area (Å²) in [6.45, 7) is 4.77. The Kier molecular flexibility index (Phi) is 2.70. The third kappa shape index (κ3) is 1.43. The molecule has 1 atom stereocenters. The fourth-order valence-corrected chi connectivity index (χ4v) is 1.25. The second kappa shape index (κ2) is 3.58. The van der Waals surface area contributed by atoms with Crippen LogP contribution in [0.3, 0.4) is 0 Å². The van der Waals surface area contributed by atoms with Gasteiger partial charge in [0.1, 0.15) is 0 Å². The second-order valence-corrected chi connectivity index (χ2v) is 2.70. The highest BCUT2D eigenvalue weighted by Crippen LogP contribution is 2.22. The van der Waals surface area contributed by atoms with E-state index < -0.39 is 0 Å². The second-order valence-electron chi connectivity index (χ2n) is 2.70. The summed E-state index contributed by atoms with van der Waals surface area (Å²) in [5.41, 5.74) is 6.73. The molecule has 0 aliphatic heterocycles. The predicted molar refractivity (Wildman–Crippen MR) is 47.1 cm³/mol. The largest absolute Gasteiger partial charge is 0.493 e. The highest BCUT2D eigenvalue weighted by atomic mass is 16.5. The third-order valence-corrected chi connectivity index (χ3v) is 1.80. The molecule has 68 valence electrons. The number of nitrogens with zero attached hydrogens (tertiary/aromatic N) is 2. The first-order valence-corrected chi connectivity index (χ1v) is 4.06. The Hall–Kier alpha value is -1.03. The van der Waals surface area contributed by atoms with E-state index in [-0.39, 0.29) is 6.04 Å². The molecule has 0 aliphatic rings. The molecule has 1 heterocycles. The van der Waals surface area contributed by atoms with Gasteiger partial charge in [-0.3, -0.25) is 4.68 Å². The number of methoxy groups -OCH3 is 1. The molecular weight excluding hydrogens is 154 g/mol. The van der Waals surface area contributed by atoms with E-state index in [1.807, 2.05) is 18.5 Å². The van der Waals surface area contributed by atoms with Gasteiger partial charge in [0.25, 0.3) is 0 Å². The van der Waals surface area contributed by atoms with Crippen molar-refractivity contribution in [3.05, 3.63) is 11.9 Å². The van der Waals surface area contributed by atoms with Crippen molar-refractivity contribution in [3.8, 4) is 5.75 Å². The molecule has 1 aromatic heterocycles. The van der Waals surface area contributed by atoms with Gasteiger partial charge in [0.2, 0.25) is 0 Å². The first-order valence-electron chi connectivity index (χ1n) is 4.06. The van der Waals surface area contributed by atoms with Crippen molar-refractivity contribution in [3.63, 3.8) is 0 Å². The molecule has 0 saturated heterocycles. The summed E-state index contributed by atoms with van der Waals surface area (Å²) in [6, 6.07) is -0.0394. The van der Waals surface area contributed by atoms with Crippen molar-refractivity contribution in [1.29, 1.82) is 0 Å². The van der Waals surface area contributed by atoms with Crippen LogP contribution in [0.2, 0.25) is 0 Å². The molecule has 0 aliphatic carbocycles. The van der Waals surface area contributed by atoms with E-state index in [2.05, 4.69) is 5.10 Å². The Labute approximate surface area is 72.3 Å². The van der Waals surface area contributed by atoms with Crippen LogP contribution in [0, 0.1) is 0 Å². The molecular formula is C8H15N3O. The van der Waals surface area contributed by atoms with Gasteiger partial charge in [-0.2, -0.15) is 5.10 Å².